The highest BCUT2D eigenvalue weighted by atomic mass is 127. The van der Waals surface area contributed by atoms with Crippen LogP contribution in [0.1, 0.15) is 24.8 Å². The van der Waals surface area contributed by atoms with E-state index in [0.717, 1.165) is 56.2 Å². The fourth-order valence-corrected chi connectivity index (χ4v) is 3.10. The van der Waals surface area contributed by atoms with Crippen molar-refractivity contribution in [2.75, 3.05) is 53.7 Å². The number of benzene rings is 1. The number of guanidine groups is 1. The van der Waals surface area contributed by atoms with Crippen LogP contribution < -0.4 is 15.4 Å². The second kappa shape index (κ2) is 14.0. The Morgan fingerprint density at radius 2 is 2.07 bits per heavy atom. The van der Waals surface area contributed by atoms with Crippen molar-refractivity contribution >= 4 is 29.9 Å². The Kier molecular flexibility index (Phi) is 12.4. The van der Waals surface area contributed by atoms with Crippen LogP contribution in [0.3, 0.4) is 0 Å². The van der Waals surface area contributed by atoms with E-state index in [4.69, 9.17) is 14.2 Å². The van der Waals surface area contributed by atoms with E-state index in [-0.39, 0.29) is 36.0 Å². The standard InChI is InChI=1S/C20H33N3O4.HI/c1-21-19(23-15-20(8-11-24)9-13-27-16-20)22-10-3-12-26-14-17-4-6-18(25-2)7-5-17;/h4-7,24H,3,8-16H2,1-2H3,(H2,21,22,23);1H. The molecule has 28 heavy (non-hydrogen) atoms. The lowest BCUT2D eigenvalue weighted by Crippen LogP contribution is -2.44. The molecular formula is C20H34IN3O4. The molecule has 1 aliphatic heterocycles. The highest BCUT2D eigenvalue weighted by Crippen LogP contribution is 2.31. The van der Waals surface area contributed by atoms with Crippen molar-refractivity contribution < 1.29 is 19.3 Å². The van der Waals surface area contributed by atoms with Crippen LogP contribution in [-0.4, -0.2) is 64.7 Å². The Bertz CT molecular complexity index is 563. The van der Waals surface area contributed by atoms with Gasteiger partial charge in [-0.15, -0.1) is 24.0 Å². The molecule has 7 nitrogen and oxygen atoms in total. The summed E-state index contributed by atoms with van der Waals surface area (Å²) in [5.41, 5.74) is 1.14. The summed E-state index contributed by atoms with van der Waals surface area (Å²) in [6.45, 7) is 4.45. The molecule has 1 saturated heterocycles. The summed E-state index contributed by atoms with van der Waals surface area (Å²) < 4.78 is 16.4. The molecule has 1 fully saturated rings. The molecule has 1 heterocycles. The lowest BCUT2D eigenvalue weighted by atomic mass is 9.84. The smallest absolute Gasteiger partial charge is 0.190 e. The highest BCUT2D eigenvalue weighted by molar-refractivity contribution is 14.0. The van der Waals surface area contributed by atoms with Gasteiger partial charge >= 0.3 is 0 Å². The van der Waals surface area contributed by atoms with Crippen LogP contribution in [0.2, 0.25) is 0 Å². The number of rotatable bonds is 11. The molecule has 0 spiro atoms. The zero-order chi connectivity index (χ0) is 19.4. The Morgan fingerprint density at radius 3 is 2.68 bits per heavy atom. The average Bonchev–Trinajstić information content (AvgIpc) is 3.16. The van der Waals surface area contributed by atoms with Gasteiger partial charge in [0.2, 0.25) is 0 Å². The van der Waals surface area contributed by atoms with Gasteiger partial charge in [0.15, 0.2) is 5.96 Å². The number of hydrogen-bond donors (Lipinski definition) is 3. The van der Waals surface area contributed by atoms with Gasteiger partial charge < -0.3 is 30.0 Å². The monoisotopic (exact) mass is 507 g/mol. The van der Waals surface area contributed by atoms with E-state index in [2.05, 4.69) is 15.6 Å². The maximum Gasteiger partial charge on any atom is 0.190 e. The second-order valence-electron chi connectivity index (χ2n) is 6.88. The molecule has 1 aliphatic rings. The van der Waals surface area contributed by atoms with E-state index in [9.17, 15) is 5.11 Å². The molecule has 0 amide bonds. The maximum atomic E-state index is 9.30. The van der Waals surface area contributed by atoms with Gasteiger partial charge in [0, 0.05) is 45.4 Å². The van der Waals surface area contributed by atoms with E-state index < -0.39 is 0 Å². The normalized spacial score (nSPS) is 19.2. The summed E-state index contributed by atoms with van der Waals surface area (Å²) in [5, 5.41) is 16.0. The minimum Gasteiger partial charge on any atom is -0.497 e. The number of halogens is 1. The molecule has 0 saturated carbocycles. The number of nitrogens with one attached hydrogen (secondary N) is 2. The van der Waals surface area contributed by atoms with E-state index in [1.165, 1.54) is 0 Å². The number of aliphatic hydroxyl groups excluding tert-OH is 1. The topological polar surface area (TPSA) is 84.3 Å². The molecule has 0 radical (unpaired) electrons. The first-order valence-corrected chi connectivity index (χ1v) is 9.55. The van der Waals surface area contributed by atoms with E-state index in [1.807, 2.05) is 24.3 Å². The predicted octanol–water partition coefficient (Wildman–Crippen LogP) is 2.17. The van der Waals surface area contributed by atoms with Crippen molar-refractivity contribution in [3.63, 3.8) is 0 Å². The van der Waals surface area contributed by atoms with Crippen LogP contribution in [0.15, 0.2) is 29.3 Å². The first kappa shape index (κ1) is 24.9. The predicted molar refractivity (Wildman–Crippen MR) is 122 cm³/mol. The second-order valence-corrected chi connectivity index (χ2v) is 6.88. The van der Waals surface area contributed by atoms with Gasteiger partial charge in [-0.2, -0.15) is 0 Å². The fourth-order valence-electron chi connectivity index (χ4n) is 3.10. The molecule has 1 aromatic rings. The molecule has 0 aromatic heterocycles. The molecule has 3 N–H and O–H groups in total. The summed E-state index contributed by atoms with van der Waals surface area (Å²) in [7, 11) is 3.43. The summed E-state index contributed by atoms with van der Waals surface area (Å²) in [5.74, 6) is 1.63. The van der Waals surface area contributed by atoms with Crippen molar-refractivity contribution in [1.82, 2.24) is 10.6 Å². The summed E-state index contributed by atoms with van der Waals surface area (Å²) in [4.78, 5) is 4.26. The largest absolute Gasteiger partial charge is 0.497 e. The van der Waals surface area contributed by atoms with Crippen molar-refractivity contribution in [3.05, 3.63) is 29.8 Å². The van der Waals surface area contributed by atoms with Crippen LogP contribution in [0.4, 0.5) is 0 Å². The van der Waals surface area contributed by atoms with E-state index >= 15 is 0 Å². The maximum absolute atomic E-state index is 9.30. The Balaban J connectivity index is 0.00000392. The Labute approximate surface area is 185 Å². The van der Waals surface area contributed by atoms with Gasteiger partial charge in [0.05, 0.1) is 20.3 Å². The van der Waals surface area contributed by atoms with Crippen molar-refractivity contribution in [3.8, 4) is 5.75 Å². The molecular weight excluding hydrogens is 473 g/mol. The van der Waals surface area contributed by atoms with Crippen molar-refractivity contribution in [1.29, 1.82) is 0 Å². The third-order valence-electron chi connectivity index (χ3n) is 4.87. The zero-order valence-corrected chi connectivity index (χ0v) is 19.2. The van der Waals surface area contributed by atoms with E-state index in [1.54, 1.807) is 14.2 Å². The SMILES string of the molecule is CN=C(NCCCOCc1ccc(OC)cc1)NCC1(CCO)CCOC1.I. The van der Waals surface area contributed by atoms with Crippen LogP contribution in [0.5, 0.6) is 5.75 Å². The minimum atomic E-state index is 0. The Hall–Kier alpha value is -1.10. The summed E-state index contributed by atoms with van der Waals surface area (Å²) in [6.07, 6.45) is 2.61. The fraction of sp³-hybridized carbons (Fsp3) is 0.650. The first-order valence-electron chi connectivity index (χ1n) is 9.55. The van der Waals surface area contributed by atoms with Crippen molar-refractivity contribution in [2.45, 2.75) is 25.9 Å². The number of aliphatic hydroxyl groups is 1. The molecule has 1 atom stereocenters. The quantitative estimate of drug-likeness (QED) is 0.184. The van der Waals surface area contributed by atoms with Gasteiger partial charge in [-0.05, 0) is 37.0 Å². The molecule has 160 valence electrons. The van der Waals surface area contributed by atoms with Crippen LogP contribution >= 0.6 is 24.0 Å². The van der Waals surface area contributed by atoms with Gasteiger partial charge in [-0.25, -0.2) is 0 Å². The number of hydrogen-bond acceptors (Lipinski definition) is 5. The molecule has 8 heteroatoms. The van der Waals surface area contributed by atoms with Crippen LogP contribution in [0, 0.1) is 5.41 Å². The molecule has 2 rings (SSSR count). The number of methoxy groups -OCH3 is 1. The van der Waals surface area contributed by atoms with Gasteiger partial charge in [0.25, 0.3) is 0 Å². The first-order chi connectivity index (χ1) is 13.2. The van der Waals surface area contributed by atoms with Crippen LogP contribution in [-0.2, 0) is 16.1 Å². The number of nitrogens with zero attached hydrogens (tertiary/aromatic N) is 1. The average molecular weight is 507 g/mol. The van der Waals surface area contributed by atoms with Gasteiger partial charge in [0.1, 0.15) is 5.75 Å². The van der Waals surface area contributed by atoms with E-state index in [0.29, 0.717) is 19.8 Å². The summed E-state index contributed by atoms with van der Waals surface area (Å²) >= 11 is 0. The third-order valence-corrected chi connectivity index (χ3v) is 4.87. The van der Waals surface area contributed by atoms with Crippen molar-refractivity contribution in [2.24, 2.45) is 10.4 Å². The van der Waals surface area contributed by atoms with Crippen LogP contribution in [0.25, 0.3) is 0 Å². The molecule has 1 unspecified atom stereocenters. The number of aliphatic imine (C=N–C) groups is 1. The third kappa shape index (κ3) is 8.50. The van der Waals surface area contributed by atoms with Gasteiger partial charge in [-0.3, -0.25) is 4.99 Å². The lowest BCUT2D eigenvalue weighted by Gasteiger charge is -2.27. The highest BCUT2D eigenvalue weighted by Gasteiger charge is 2.34. The molecule has 0 aliphatic carbocycles. The summed E-state index contributed by atoms with van der Waals surface area (Å²) in [6, 6.07) is 7.90. The Morgan fingerprint density at radius 1 is 1.29 bits per heavy atom. The molecule has 1 aromatic carbocycles. The zero-order valence-electron chi connectivity index (χ0n) is 16.9. The molecule has 0 bridgehead atoms. The lowest BCUT2D eigenvalue weighted by molar-refractivity contribution is 0.119. The number of ether oxygens (including phenoxy) is 3. The van der Waals surface area contributed by atoms with Gasteiger partial charge in [-0.1, -0.05) is 12.1 Å². The minimum absolute atomic E-state index is 0.